The van der Waals surface area contributed by atoms with Crippen molar-refractivity contribution in [3.63, 3.8) is 0 Å². The summed E-state index contributed by atoms with van der Waals surface area (Å²) >= 11 is 0. The molecule has 0 saturated heterocycles. The van der Waals surface area contributed by atoms with E-state index in [1.165, 1.54) is 50.0 Å². The van der Waals surface area contributed by atoms with Crippen molar-refractivity contribution in [2.45, 2.75) is 67.7 Å². The quantitative estimate of drug-likeness (QED) is 0.128. The molecule has 5 heteroatoms. The van der Waals surface area contributed by atoms with Gasteiger partial charge < -0.3 is 4.74 Å². The number of aromatic nitrogens is 4. The predicted octanol–water partition coefficient (Wildman–Crippen LogP) is 11.7. The molecule has 0 spiro atoms. The Bertz CT molecular complexity index is 2690. The molecule has 0 amide bonds. The second-order valence-corrected chi connectivity index (χ2v) is 15.3. The van der Waals surface area contributed by atoms with Gasteiger partial charge in [0, 0.05) is 23.0 Å². The van der Waals surface area contributed by atoms with Gasteiger partial charge in [-0.05, 0) is 134 Å². The zero-order valence-electron chi connectivity index (χ0n) is 32.2. The van der Waals surface area contributed by atoms with Crippen molar-refractivity contribution in [3.8, 4) is 39.8 Å². The first-order valence-electron chi connectivity index (χ1n) is 18.4. The lowest BCUT2D eigenvalue weighted by atomic mass is 9.88. The van der Waals surface area contributed by atoms with Gasteiger partial charge in [-0.25, -0.2) is 4.98 Å². The molecule has 0 aliphatic carbocycles. The van der Waals surface area contributed by atoms with Crippen LogP contribution in [0, 0.1) is 47.9 Å². The molecule has 3 aromatic heterocycles. The molecule has 0 bridgehead atoms. The molecule has 0 aliphatic heterocycles. The molecule has 53 heavy (non-hydrogen) atoms. The van der Waals surface area contributed by atoms with Gasteiger partial charge in [-0.3, -0.25) is 13.7 Å². The molecule has 0 saturated carbocycles. The standard InChI is InChI=1S/C48H46N4O/c1-30-31(2)33(4)47(46(32(30)3)36-16-11-10-12-17-36)51-29-50(34(5)35(51)6)38-18-15-19-39(27-38)53-40-22-23-42-41-20-13-14-21-43(41)52(44(42)28-40)45-26-37(24-25-49-45)48(7,8)9/h10-28H,1-9H3. The first-order valence-corrected chi connectivity index (χ1v) is 18.4. The Kier molecular flexibility index (Phi) is 8.33. The van der Waals surface area contributed by atoms with Crippen LogP contribution in [0.3, 0.4) is 0 Å². The third-order valence-electron chi connectivity index (χ3n) is 11.1. The fourth-order valence-corrected chi connectivity index (χ4v) is 7.66. The first-order chi connectivity index (χ1) is 25.4. The average Bonchev–Trinajstić information content (AvgIpc) is 3.65. The number of benzene rings is 5. The van der Waals surface area contributed by atoms with E-state index in [0.29, 0.717) is 0 Å². The minimum Gasteiger partial charge on any atom is -0.458 e. The summed E-state index contributed by atoms with van der Waals surface area (Å²) in [6.07, 6.45) is 5.66. The monoisotopic (exact) mass is 694 g/mol. The number of nitrogens with zero attached hydrogens (tertiary/aromatic N) is 4. The summed E-state index contributed by atoms with van der Waals surface area (Å²) in [5.74, 6) is 2.42. The predicted molar refractivity (Wildman–Crippen MR) is 217 cm³/mol. The lowest BCUT2D eigenvalue weighted by molar-refractivity contribution is -0.606. The van der Waals surface area contributed by atoms with E-state index in [1.807, 2.05) is 12.3 Å². The highest BCUT2D eigenvalue weighted by Gasteiger charge is 2.23. The molecule has 8 aromatic rings. The third kappa shape index (κ3) is 5.81. The molecular weight excluding hydrogens is 649 g/mol. The Morgan fingerprint density at radius 1 is 0.642 bits per heavy atom. The minimum atomic E-state index is 0.00405. The SMILES string of the molecule is Cc1c(C)c(C)c(-[n+]2[c-]n(-c3cccc(Oc4ccc5c6ccccc6n(-c6cc(C(C)(C)C)ccn6)c5c4)c3)c(C)c2C)c(-c2ccccc2)c1C. The van der Waals surface area contributed by atoms with E-state index in [4.69, 9.17) is 9.72 Å². The van der Waals surface area contributed by atoms with E-state index < -0.39 is 0 Å². The average molecular weight is 695 g/mol. The van der Waals surface area contributed by atoms with Gasteiger partial charge in [0.15, 0.2) is 0 Å². The van der Waals surface area contributed by atoms with Crippen LogP contribution in [0.2, 0.25) is 0 Å². The van der Waals surface area contributed by atoms with E-state index in [0.717, 1.165) is 50.8 Å². The van der Waals surface area contributed by atoms with Crippen molar-refractivity contribution in [1.82, 2.24) is 14.1 Å². The summed E-state index contributed by atoms with van der Waals surface area (Å²) in [5.41, 5.74) is 15.5. The molecule has 8 rings (SSSR count). The summed E-state index contributed by atoms with van der Waals surface area (Å²) in [5, 5.41) is 2.35. The van der Waals surface area contributed by atoms with E-state index in [-0.39, 0.29) is 5.41 Å². The molecule has 0 radical (unpaired) electrons. The third-order valence-corrected chi connectivity index (χ3v) is 11.1. The molecular formula is C48H46N4O. The number of imidazole rings is 1. The summed E-state index contributed by atoms with van der Waals surface area (Å²) in [7, 11) is 0. The number of rotatable bonds is 6. The summed E-state index contributed by atoms with van der Waals surface area (Å²) < 4.78 is 13.3. The lowest BCUT2D eigenvalue weighted by Gasteiger charge is -2.22. The maximum atomic E-state index is 6.65. The zero-order chi connectivity index (χ0) is 37.2. The molecule has 264 valence electrons. The van der Waals surface area contributed by atoms with Gasteiger partial charge in [0.1, 0.15) is 17.3 Å². The maximum absolute atomic E-state index is 6.65. The Morgan fingerprint density at radius 2 is 1.34 bits per heavy atom. The Hall–Kier alpha value is -5.94. The van der Waals surface area contributed by atoms with E-state index in [1.54, 1.807) is 0 Å². The van der Waals surface area contributed by atoms with Crippen LogP contribution in [0.25, 0.3) is 50.1 Å². The van der Waals surface area contributed by atoms with Crippen molar-refractivity contribution in [2.24, 2.45) is 0 Å². The van der Waals surface area contributed by atoms with Crippen LogP contribution in [0.15, 0.2) is 115 Å². The van der Waals surface area contributed by atoms with E-state index in [9.17, 15) is 0 Å². The molecule has 5 aromatic carbocycles. The molecule has 0 atom stereocenters. The van der Waals surface area contributed by atoms with E-state index in [2.05, 4.69) is 185 Å². The van der Waals surface area contributed by atoms with Crippen molar-refractivity contribution >= 4 is 21.8 Å². The van der Waals surface area contributed by atoms with Gasteiger partial charge in [0.25, 0.3) is 6.33 Å². The van der Waals surface area contributed by atoms with Crippen LogP contribution in [0.5, 0.6) is 11.5 Å². The largest absolute Gasteiger partial charge is 0.458 e. The molecule has 3 heterocycles. The minimum absolute atomic E-state index is 0.00405. The zero-order valence-corrected chi connectivity index (χ0v) is 32.2. The van der Waals surface area contributed by atoms with Crippen LogP contribution in [-0.2, 0) is 5.41 Å². The fraction of sp³-hybridized carbons (Fsp3) is 0.208. The lowest BCUT2D eigenvalue weighted by Crippen LogP contribution is -2.35. The highest BCUT2D eigenvalue weighted by molar-refractivity contribution is 6.09. The topological polar surface area (TPSA) is 35.9 Å². The van der Waals surface area contributed by atoms with Crippen molar-refractivity contribution in [1.29, 1.82) is 0 Å². The van der Waals surface area contributed by atoms with E-state index >= 15 is 0 Å². The Morgan fingerprint density at radius 3 is 2.11 bits per heavy atom. The van der Waals surface area contributed by atoms with Crippen molar-refractivity contribution in [3.05, 3.63) is 161 Å². The van der Waals surface area contributed by atoms with Crippen LogP contribution in [0.1, 0.15) is 60.0 Å². The van der Waals surface area contributed by atoms with Gasteiger partial charge >= 0.3 is 0 Å². The van der Waals surface area contributed by atoms with Crippen molar-refractivity contribution < 1.29 is 9.30 Å². The fourth-order valence-electron chi connectivity index (χ4n) is 7.66. The van der Waals surface area contributed by atoms with Crippen LogP contribution < -0.4 is 9.30 Å². The number of hydrogen-bond donors (Lipinski definition) is 0. The van der Waals surface area contributed by atoms with Gasteiger partial charge in [0.2, 0.25) is 0 Å². The second kappa shape index (κ2) is 12.9. The van der Waals surface area contributed by atoms with Gasteiger partial charge in [-0.1, -0.05) is 75.4 Å². The second-order valence-electron chi connectivity index (χ2n) is 15.3. The van der Waals surface area contributed by atoms with Gasteiger partial charge in [0.05, 0.1) is 33.8 Å². The Labute approximate surface area is 312 Å². The van der Waals surface area contributed by atoms with Gasteiger partial charge in [-0.15, -0.1) is 0 Å². The maximum Gasteiger partial charge on any atom is 0.269 e. The molecule has 0 aliphatic rings. The summed E-state index contributed by atoms with van der Waals surface area (Å²) in [6, 6.07) is 38.2. The van der Waals surface area contributed by atoms with Gasteiger partial charge in [-0.2, -0.15) is 0 Å². The smallest absolute Gasteiger partial charge is 0.269 e. The van der Waals surface area contributed by atoms with Crippen LogP contribution >= 0.6 is 0 Å². The molecule has 5 nitrogen and oxygen atoms in total. The normalized spacial score (nSPS) is 11.9. The number of para-hydroxylation sites is 1. The highest BCUT2D eigenvalue weighted by atomic mass is 16.5. The molecule has 0 unspecified atom stereocenters. The number of pyridine rings is 1. The first kappa shape index (κ1) is 34.2. The van der Waals surface area contributed by atoms with Crippen LogP contribution in [0.4, 0.5) is 0 Å². The van der Waals surface area contributed by atoms with Crippen molar-refractivity contribution in [2.75, 3.05) is 0 Å². The summed E-state index contributed by atoms with van der Waals surface area (Å²) in [6.45, 7) is 20.0. The van der Waals surface area contributed by atoms with Crippen LogP contribution in [-0.4, -0.2) is 14.1 Å². The summed E-state index contributed by atoms with van der Waals surface area (Å²) in [4.78, 5) is 4.85. The number of ether oxygens (including phenoxy) is 1. The molecule has 0 N–H and O–H groups in total. The number of fused-ring (bicyclic) bond motifs is 3. The highest BCUT2D eigenvalue weighted by Crippen LogP contribution is 2.38. The molecule has 0 fully saturated rings. The Balaban J connectivity index is 1.20. The number of hydrogen-bond acceptors (Lipinski definition) is 2.